The molecule has 0 aliphatic heterocycles. The Balaban J connectivity index is 2.40. The van der Waals surface area contributed by atoms with Crippen molar-refractivity contribution in [3.8, 4) is 6.07 Å². The second-order valence-corrected chi connectivity index (χ2v) is 8.41. The molecule has 0 saturated heterocycles. The van der Waals surface area contributed by atoms with Gasteiger partial charge in [0.15, 0.2) is 23.3 Å². The summed E-state index contributed by atoms with van der Waals surface area (Å²) < 4.78 is 59.2. The van der Waals surface area contributed by atoms with Crippen LogP contribution in [0.5, 0.6) is 0 Å². The number of carbonyl (C=O) groups is 1. The van der Waals surface area contributed by atoms with Gasteiger partial charge in [-0.05, 0) is 43.2 Å². The highest BCUT2D eigenvalue weighted by Crippen LogP contribution is 2.33. The molecule has 0 radical (unpaired) electrons. The number of carboxylic acid groups (broad SMARTS) is 1. The second kappa shape index (κ2) is 12.2. The number of hydrogen-bond acceptors (Lipinski definition) is 4. The third-order valence-electron chi connectivity index (χ3n) is 4.85. The van der Waals surface area contributed by atoms with E-state index in [0.717, 1.165) is 36.3 Å². The molecule has 0 aliphatic rings. The Labute approximate surface area is 194 Å². The van der Waals surface area contributed by atoms with Crippen LogP contribution in [0.25, 0.3) is 18.2 Å². The Morgan fingerprint density at radius 3 is 2.03 bits per heavy atom. The number of nitriles is 1. The number of unbranched alkanes of at least 4 members (excludes halogenated alkanes) is 2. The van der Waals surface area contributed by atoms with Gasteiger partial charge in [0.1, 0.15) is 17.3 Å². The van der Waals surface area contributed by atoms with E-state index in [9.17, 15) is 22.4 Å². The van der Waals surface area contributed by atoms with Gasteiger partial charge in [0, 0.05) is 22.8 Å². The molecule has 33 heavy (non-hydrogen) atoms. The van der Waals surface area contributed by atoms with Gasteiger partial charge >= 0.3 is 5.97 Å². The van der Waals surface area contributed by atoms with Crippen LogP contribution in [0.3, 0.4) is 0 Å². The summed E-state index contributed by atoms with van der Waals surface area (Å²) in [4.78, 5) is 13.1. The zero-order valence-electron chi connectivity index (χ0n) is 18.3. The van der Waals surface area contributed by atoms with E-state index in [-0.39, 0.29) is 13.1 Å². The van der Waals surface area contributed by atoms with Gasteiger partial charge in [0.2, 0.25) is 0 Å². The van der Waals surface area contributed by atoms with Crippen molar-refractivity contribution in [3.05, 3.63) is 56.3 Å². The first-order chi connectivity index (χ1) is 15.7. The molecule has 0 saturated carbocycles. The van der Waals surface area contributed by atoms with Crippen LogP contribution < -0.4 is 4.90 Å². The van der Waals surface area contributed by atoms with E-state index in [1.165, 1.54) is 23.1 Å². The summed E-state index contributed by atoms with van der Waals surface area (Å²) in [5, 5.41) is 17.7. The molecular weight excluding hydrogens is 456 g/mol. The lowest BCUT2D eigenvalue weighted by atomic mass is 10.1. The quantitative estimate of drug-likeness (QED) is 0.165. The topological polar surface area (TPSA) is 64.3 Å². The maximum Gasteiger partial charge on any atom is 0.346 e. The number of thiophene rings is 1. The second-order valence-electron chi connectivity index (χ2n) is 7.26. The van der Waals surface area contributed by atoms with Crippen LogP contribution >= 0.6 is 11.3 Å². The van der Waals surface area contributed by atoms with Gasteiger partial charge in [-0.2, -0.15) is 5.26 Å². The maximum atomic E-state index is 14.8. The Morgan fingerprint density at radius 1 is 1.00 bits per heavy atom. The molecule has 0 fully saturated rings. The third kappa shape index (κ3) is 6.45. The summed E-state index contributed by atoms with van der Waals surface area (Å²) in [7, 11) is 0. The Hall–Kier alpha value is -3.12. The molecule has 0 bridgehead atoms. The summed E-state index contributed by atoms with van der Waals surface area (Å²) in [6, 6.07) is 4.59. The molecule has 1 aromatic carbocycles. The SMILES string of the molecule is CCCCN(CCCC)c1c(F)c(F)c(/C=C/c2ccc(/C=C(\C#N)C(=O)O)s2)c(F)c1F. The zero-order chi connectivity index (χ0) is 24.5. The summed E-state index contributed by atoms with van der Waals surface area (Å²) in [5.74, 6) is -7.21. The van der Waals surface area contributed by atoms with Gasteiger partial charge in [-0.15, -0.1) is 11.3 Å². The van der Waals surface area contributed by atoms with Crippen LogP contribution in [-0.2, 0) is 4.79 Å². The van der Waals surface area contributed by atoms with Crippen molar-refractivity contribution in [2.24, 2.45) is 0 Å². The molecule has 2 rings (SSSR count). The standard InChI is InChI=1S/C24H24F4N2O2S/c1-3-5-11-30(12-6-4-2)23-21(27)19(25)18(20(26)22(23)28)10-9-16-7-8-17(33-16)13-15(14-29)24(31)32/h7-10,13H,3-6,11-12H2,1-2H3,(H,31,32)/b10-9+,15-13+. The molecule has 1 heterocycles. The minimum Gasteiger partial charge on any atom is -0.477 e. The van der Waals surface area contributed by atoms with Crippen molar-refractivity contribution in [2.75, 3.05) is 18.0 Å². The molecular formula is C24H24F4N2O2S. The van der Waals surface area contributed by atoms with E-state index in [0.29, 0.717) is 22.6 Å². The van der Waals surface area contributed by atoms with Crippen LogP contribution in [0.1, 0.15) is 54.8 Å². The lowest BCUT2D eigenvalue weighted by molar-refractivity contribution is -0.132. The fourth-order valence-electron chi connectivity index (χ4n) is 3.08. The minimum absolute atomic E-state index is 0.283. The molecule has 9 heteroatoms. The Morgan fingerprint density at radius 2 is 1.55 bits per heavy atom. The minimum atomic E-state index is -1.48. The first kappa shape index (κ1) is 26.1. The molecule has 0 spiro atoms. The Bertz CT molecular complexity index is 1070. The summed E-state index contributed by atoms with van der Waals surface area (Å²) in [6.07, 6.45) is 6.12. The van der Waals surface area contributed by atoms with Crippen LogP contribution in [-0.4, -0.2) is 24.2 Å². The lowest BCUT2D eigenvalue weighted by Crippen LogP contribution is -2.28. The van der Waals surface area contributed by atoms with Crippen molar-refractivity contribution in [2.45, 2.75) is 39.5 Å². The van der Waals surface area contributed by atoms with E-state index < -0.39 is 46.1 Å². The largest absolute Gasteiger partial charge is 0.477 e. The van der Waals surface area contributed by atoms with E-state index in [4.69, 9.17) is 10.4 Å². The van der Waals surface area contributed by atoms with Gasteiger partial charge in [0.25, 0.3) is 0 Å². The van der Waals surface area contributed by atoms with Gasteiger partial charge < -0.3 is 10.0 Å². The van der Waals surface area contributed by atoms with Gasteiger partial charge in [-0.1, -0.05) is 26.7 Å². The first-order valence-corrected chi connectivity index (χ1v) is 11.3. The lowest BCUT2D eigenvalue weighted by Gasteiger charge is -2.26. The highest BCUT2D eigenvalue weighted by Gasteiger charge is 2.27. The average molecular weight is 481 g/mol. The van der Waals surface area contributed by atoms with Crippen LogP contribution in [0.2, 0.25) is 0 Å². The fraction of sp³-hybridized carbons (Fsp3) is 0.333. The predicted molar refractivity (Wildman–Crippen MR) is 123 cm³/mol. The number of anilines is 1. The molecule has 2 aromatic rings. The molecule has 0 unspecified atom stereocenters. The van der Waals surface area contributed by atoms with Crippen LogP contribution in [0.4, 0.5) is 23.2 Å². The molecule has 0 atom stereocenters. The van der Waals surface area contributed by atoms with E-state index in [1.54, 1.807) is 6.07 Å². The van der Waals surface area contributed by atoms with Crippen LogP contribution in [0, 0.1) is 34.6 Å². The molecule has 4 nitrogen and oxygen atoms in total. The molecule has 0 amide bonds. The van der Waals surface area contributed by atoms with Gasteiger partial charge in [0.05, 0.1) is 5.56 Å². The van der Waals surface area contributed by atoms with Gasteiger partial charge in [-0.25, -0.2) is 22.4 Å². The molecule has 1 N–H and O–H groups in total. The molecule has 0 aliphatic carbocycles. The highest BCUT2D eigenvalue weighted by molar-refractivity contribution is 7.13. The maximum absolute atomic E-state index is 14.8. The smallest absolute Gasteiger partial charge is 0.346 e. The van der Waals surface area contributed by atoms with Crippen molar-refractivity contribution in [1.82, 2.24) is 0 Å². The normalized spacial score (nSPS) is 11.7. The number of halogens is 4. The number of carboxylic acids is 1. The molecule has 176 valence electrons. The number of aliphatic carboxylic acids is 1. The van der Waals surface area contributed by atoms with E-state index >= 15 is 0 Å². The van der Waals surface area contributed by atoms with Crippen molar-refractivity contribution >= 4 is 41.2 Å². The first-order valence-electron chi connectivity index (χ1n) is 10.5. The monoisotopic (exact) mass is 480 g/mol. The zero-order valence-corrected chi connectivity index (χ0v) is 19.1. The number of rotatable bonds is 11. The van der Waals surface area contributed by atoms with E-state index in [1.807, 2.05) is 13.8 Å². The van der Waals surface area contributed by atoms with E-state index in [2.05, 4.69) is 0 Å². The van der Waals surface area contributed by atoms with Crippen molar-refractivity contribution in [3.63, 3.8) is 0 Å². The van der Waals surface area contributed by atoms with Crippen molar-refractivity contribution < 1.29 is 27.5 Å². The summed E-state index contributed by atoms with van der Waals surface area (Å²) in [6.45, 7) is 4.39. The number of benzene rings is 1. The van der Waals surface area contributed by atoms with Crippen LogP contribution in [0.15, 0.2) is 17.7 Å². The predicted octanol–water partition coefficient (Wildman–Crippen LogP) is 6.87. The average Bonchev–Trinajstić information content (AvgIpc) is 3.24. The fourth-order valence-corrected chi connectivity index (χ4v) is 3.94. The molecule has 1 aromatic heterocycles. The summed E-state index contributed by atoms with van der Waals surface area (Å²) in [5.41, 5.74) is -2.00. The van der Waals surface area contributed by atoms with Gasteiger partial charge in [-0.3, -0.25) is 0 Å². The number of nitrogens with zero attached hydrogens (tertiary/aromatic N) is 2. The third-order valence-corrected chi connectivity index (χ3v) is 5.85. The van der Waals surface area contributed by atoms with Crippen molar-refractivity contribution in [1.29, 1.82) is 5.26 Å². The number of hydrogen-bond donors (Lipinski definition) is 1. The Kier molecular flexibility index (Phi) is 9.67. The summed E-state index contributed by atoms with van der Waals surface area (Å²) >= 11 is 1.04. The highest BCUT2D eigenvalue weighted by atomic mass is 32.1.